The third kappa shape index (κ3) is 4.16. The molecule has 1 aliphatic heterocycles. The molecule has 1 fully saturated rings. The maximum atomic E-state index is 12.2. The molecule has 9 heteroatoms. The van der Waals surface area contributed by atoms with Gasteiger partial charge in [0.05, 0.1) is 13.2 Å². The van der Waals surface area contributed by atoms with Gasteiger partial charge in [0, 0.05) is 30.6 Å². The lowest BCUT2D eigenvalue weighted by Gasteiger charge is -2.14. The SMILES string of the molecule is CCOP1(=O)OCC(COC(=O)[C@H](N)Cc2cn(C)c3ccccc23)O1. The number of carbonyl (C=O) groups is 1. The number of nitrogens with zero attached hydrogens (tertiary/aromatic N) is 1. The Morgan fingerprint density at radius 1 is 1.46 bits per heavy atom. The standard InChI is InChI=1S/C17H23N2O6P/c1-3-23-26(21)24-11-13(25-26)10-22-17(20)15(18)8-12-9-19(2)16-7-5-4-6-14(12)16/h4-7,9,13,15H,3,8,10-11,18H2,1-2H3/t13?,15-,26?/m1/s1. The number of phosphoric ester groups is 1. The fraction of sp³-hybridized carbons (Fsp3) is 0.471. The van der Waals surface area contributed by atoms with Gasteiger partial charge in [0.1, 0.15) is 18.8 Å². The smallest absolute Gasteiger partial charge is 0.462 e. The first kappa shape index (κ1) is 19.1. The van der Waals surface area contributed by atoms with Crippen LogP contribution in [-0.2, 0) is 41.1 Å². The highest BCUT2D eigenvalue weighted by atomic mass is 31.2. The van der Waals surface area contributed by atoms with Crippen molar-refractivity contribution in [2.45, 2.75) is 25.5 Å². The summed E-state index contributed by atoms with van der Waals surface area (Å²) in [6.07, 6.45) is 1.70. The Morgan fingerprint density at radius 2 is 2.23 bits per heavy atom. The highest BCUT2D eigenvalue weighted by Crippen LogP contribution is 2.54. The number of ether oxygens (including phenoxy) is 1. The topological polar surface area (TPSA) is 102 Å². The first-order valence-electron chi connectivity index (χ1n) is 8.44. The van der Waals surface area contributed by atoms with Crippen molar-refractivity contribution in [2.75, 3.05) is 19.8 Å². The van der Waals surface area contributed by atoms with Gasteiger partial charge in [-0.2, -0.15) is 0 Å². The van der Waals surface area contributed by atoms with E-state index < -0.39 is 25.9 Å². The fourth-order valence-electron chi connectivity index (χ4n) is 2.91. The molecule has 0 aliphatic carbocycles. The van der Waals surface area contributed by atoms with E-state index in [4.69, 9.17) is 24.0 Å². The summed E-state index contributed by atoms with van der Waals surface area (Å²) in [4.78, 5) is 12.2. The van der Waals surface area contributed by atoms with Gasteiger partial charge in [0.15, 0.2) is 0 Å². The predicted octanol–water partition coefficient (Wildman–Crippen LogP) is 2.15. The molecule has 0 amide bonds. The Hall–Kier alpha value is -1.70. The summed E-state index contributed by atoms with van der Waals surface area (Å²) in [6, 6.07) is 7.12. The number of benzene rings is 1. The van der Waals surface area contributed by atoms with E-state index in [0.29, 0.717) is 6.42 Å². The third-order valence-electron chi connectivity index (χ3n) is 4.12. The van der Waals surface area contributed by atoms with Crippen molar-refractivity contribution in [3.8, 4) is 0 Å². The third-order valence-corrected chi connectivity index (χ3v) is 5.71. The van der Waals surface area contributed by atoms with Gasteiger partial charge >= 0.3 is 13.8 Å². The number of esters is 1. The summed E-state index contributed by atoms with van der Waals surface area (Å²) >= 11 is 0. The van der Waals surface area contributed by atoms with Gasteiger partial charge in [-0.25, -0.2) is 4.57 Å². The molecular formula is C17H23N2O6P. The Morgan fingerprint density at radius 3 is 3.00 bits per heavy atom. The van der Waals surface area contributed by atoms with Crippen LogP contribution < -0.4 is 5.73 Å². The zero-order chi connectivity index (χ0) is 18.7. The maximum Gasteiger partial charge on any atom is 0.475 e. The number of aromatic nitrogens is 1. The molecule has 2 N–H and O–H groups in total. The molecule has 1 aromatic heterocycles. The lowest BCUT2D eigenvalue weighted by atomic mass is 10.1. The molecule has 2 aromatic rings. The van der Waals surface area contributed by atoms with Crippen molar-refractivity contribution in [1.29, 1.82) is 0 Å². The van der Waals surface area contributed by atoms with E-state index in [1.807, 2.05) is 42.1 Å². The number of para-hydroxylation sites is 1. The van der Waals surface area contributed by atoms with Crippen LogP contribution in [0.5, 0.6) is 0 Å². The zero-order valence-electron chi connectivity index (χ0n) is 14.8. The van der Waals surface area contributed by atoms with Crippen LogP contribution in [-0.4, -0.2) is 42.5 Å². The van der Waals surface area contributed by atoms with Crippen LogP contribution in [0, 0.1) is 0 Å². The molecule has 0 saturated carbocycles. The number of hydrogen-bond acceptors (Lipinski definition) is 7. The molecule has 26 heavy (non-hydrogen) atoms. The van der Waals surface area contributed by atoms with E-state index >= 15 is 0 Å². The second kappa shape index (κ2) is 7.90. The van der Waals surface area contributed by atoms with Crippen LogP contribution in [0.15, 0.2) is 30.5 Å². The highest BCUT2D eigenvalue weighted by molar-refractivity contribution is 7.48. The predicted molar refractivity (Wildman–Crippen MR) is 95.6 cm³/mol. The second-order valence-corrected chi connectivity index (χ2v) is 7.73. The Balaban J connectivity index is 1.54. The average Bonchev–Trinajstić information content (AvgIpc) is 3.14. The molecule has 2 unspecified atom stereocenters. The fourth-order valence-corrected chi connectivity index (χ4v) is 4.26. The van der Waals surface area contributed by atoms with Gasteiger partial charge in [0.25, 0.3) is 0 Å². The molecule has 1 aromatic carbocycles. The van der Waals surface area contributed by atoms with Gasteiger partial charge < -0.3 is 15.0 Å². The van der Waals surface area contributed by atoms with E-state index in [1.54, 1.807) is 6.92 Å². The van der Waals surface area contributed by atoms with Crippen LogP contribution in [0.2, 0.25) is 0 Å². The van der Waals surface area contributed by atoms with Gasteiger partial charge in [-0.05, 0) is 18.6 Å². The molecule has 0 bridgehead atoms. The minimum atomic E-state index is -3.51. The first-order chi connectivity index (χ1) is 12.4. The van der Waals surface area contributed by atoms with Gasteiger partial charge in [-0.15, -0.1) is 0 Å². The molecule has 1 saturated heterocycles. The minimum absolute atomic E-state index is 0.0448. The van der Waals surface area contributed by atoms with Crippen LogP contribution in [0.1, 0.15) is 12.5 Å². The molecule has 0 spiro atoms. The van der Waals surface area contributed by atoms with E-state index in [-0.39, 0.29) is 19.8 Å². The Bertz CT molecular complexity index is 836. The summed E-state index contributed by atoms with van der Waals surface area (Å²) in [5, 5.41) is 1.06. The van der Waals surface area contributed by atoms with E-state index in [1.165, 1.54) is 0 Å². The quantitative estimate of drug-likeness (QED) is 0.578. The van der Waals surface area contributed by atoms with E-state index in [0.717, 1.165) is 16.5 Å². The number of rotatable bonds is 7. The van der Waals surface area contributed by atoms with Crippen molar-refractivity contribution in [1.82, 2.24) is 4.57 Å². The normalized spacial score (nSPS) is 24.0. The maximum absolute atomic E-state index is 12.2. The van der Waals surface area contributed by atoms with Crippen LogP contribution >= 0.6 is 7.82 Å². The van der Waals surface area contributed by atoms with Crippen molar-refractivity contribution in [2.24, 2.45) is 12.8 Å². The number of aryl methyl sites for hydroxylation is 1. The molecule has 3 atom stereocenters. The van der Waals surface area contributed by atoms with Crippen molar-refractivity contribution in [3.05, 3.63) is 36.0 Å². The Kier molecular flexibility index (Phi) is 5.79. The molecule has 1 aliphatic rings. The van der Waals surface area contributed by atoms with Crippen molar-refractivity contribution >= 4 is 24.7 Å². The molecular weight excluding hydrogens is 359 g/mol. The zero-order valence-corrected chi connectivity index (χ0v) is 15.7. The summed E-state index contributed by atoms with van der Waals surface area (Å²) in [6.45, 7) is 1.86. The molecule has 142 valence electrons. The Labute approximate surface area is 151 Å². The van der Waals surface area contributed by atoms with E-state index in [2.05, 4.69) is 0 Å². The molecule has 3 rings (SSSR count). The summed E-state index contributed by atoms with van der Waals surface area (Å²) in [5.74, 6) is -0.542. The number of hydrogen-bond donors (Lipinski definition) is 1. The summed E-state index contributed by atoms with van der Waals surface area (Å²) in [5.41, 5.74) is 8.06. The highest BCUT2D eigenvalue weighted by Gasteiger charge is 2.39. The number of nitrogens with two attached hydrogens (primary N) is 1. The number of phosphoric acid groups is 1. The molecule has 0 radical (unpaired) electrons. The second-order valence-electron chi connectivity index (χ2n) is 6.11. The largest absolute Gasteiger partial charge is 0.475 e. The lowest BCUT2D eigenvalue weighted by Crippen LogP contribution is -2.36. The molecule has 8 nitrogen and oxygen atoms in total. The van der Waals surface area contributed by atoms with Crippen molar-refractivity contribution < 1.29 is 27.7 Å². The van der Waals surface area contributed by atoms with Crippen LogP contribution in [0.3, 0.4) is 0 Å². The lowest BCUT2D eigenvalue weighted by molar-refractivity contribution is -0.147. The van der Waals surface area contributed by atoms with Gasteiger partial charge in [-0.3, -0.25) is 18.4 Å². The minimum Gasteiger partial charge on any atom is -0.462 e. The first-order valence-corrected chi connectivity index (χ1v) is 9.90. The summed E-state index contributed by atoms with van der Waals surface area (Å²) in [7, 11) is -1.57. The van der Waals surface area contributed by atoms with Crippen LogP contribution in [0.25, 0.3) is 10.9 Å². The molecule has 2 heterocycles. The number of carbonyl (C=O) groups excluding carboxylic acids is 1. The number of fused-ring (bicyclic) bond motifs is 1. The van der Waals surface area contributed by atoms with E-state index in [9.17, 15) is 9.36 Å². The van der Waals surface area contributed by atoms with Crippen LogP contribution in [0.4, 0.5) is 0 Å². The monoisotopic (exact) mass is 382 g/mol. The summed E-state index contributed by atoms with van der Waals surface area (Å²) < 4.78 is 34.3. The van der Waals surface area contributed by atoms with Crippen molar-refractivity contribution in [3.63, 3.8) is 0 Å². The average molecular weight is 382 g/mol. The van der Waals surface area contributed by atoms with Gasteiger partial charge in [-0.1, -0.05) is 18.2 Å². The van der Waals surface area contributed by atoms with Gasteiger partial charge in [0.2, 0.25) is 0 Å².